The first-order valence-electron chi connectivity index (χ1n) is 9.86. The van der Waals surface area contributed by atoms with Gasteiger partial charge in [0.05, 0.1) is 24.3 Å². The van der Waals surface area contributed by atoms with Crippen LogP contribution in [0.5, 0.6) is 5.75 Å². The number of carboxylic acid groups (broad SMARTS) is 1. The third-order valence-electron chi connectivity index (χ3n) is 5.39. The predicted molar refractivity (Wildman–Crippen MR) is 123 cm³/mol. The Balaban J connectivity index is 1.90. The molecule has 0 aliphatic carbocycles. The van der Waals surface area contributed by atoms with Crippen molar-refractivity contribution in [1.82, 2.24) is 0 Å². The lowest BCUT2D eigenvalue weighted by Crippen LogP contribution is -2.29. The molecule has 0 aromatic heterocycles. The highest BCUT2D eigenvalue weighted by Gasteiger charge is 2.47. The number of ether oxygens (including phenoxy) is 1. The van der Waals surface area contributed by atoms with E-state index in [4.69, 9.17) is 16.3 Å². The zero-order valence-corrected chi connectivity index (χ0v) is 18.1. The van der Waals surface area contributed by atoms with Crippen LogP contribution in [0.4, 0.5) is 5.69 Å². The summed E-state index contributed by atoms with van der Waals surface area (Å²) in [7, 11) is 1.52. The maximum atomic E-state index is 13.1. The Morgan fingerprint density at radius 2 is 1.45 bits per heavy atom. The van der Waals surface area contributed by atoms with E-state index in [0.29, 0.717) is 27.6 Å². The lowest BCUT2D eigenvalue weighted by Gasteiger charge is -2.25. The lowest BCUT2D eigenvalue weighted by atomic mass is 9.95. The van der Waals surface area contributed by atoms with E-state index in [1.54, 1.807) is 48.5 Å². The van der Waals surface area contributed by atoms with Crippen LogP contribution < -0.4 is 9.64 Å². The summed E-state index contributed by atoms with van der Waals surface area (Å²) in [5.74, 6) is -2.56. The van der Waals surface area contributed by atoms with Gasteiger partial charge in [-0.05, 0) is 66.2 Å². The molecule has 8 heteroatoms. The first kappa shape index (κ1) is 22.1. The summed E-state index contributed by atoms with van der Waals surface area (Å²) < 4.78 is 5.20. The molecule has 2 N–H and O–H groups in total. The van der Waals surface area contributed by atoms with Gasteiger partial charge in [0.1, 0.15) is 11.5 Å². The molecular formula is C25H18ClNO6. The molecular weight excluding hydrogens is 446 g/mol. The minimum atomic E-state index is -1.11. The van der Waals surface area contributed by atoms with Crippen molar-refractivity contribution in [2.24, 2.45) is 0 Å². The number of hydrogen-bond donors (Lipinski definition) is 2. The molecule has 3 aromatic rings. The lowest BCUT2D eigenvalue weighted by molar-refractivity contribution is -0.132. The van der Waals surface area contributed by atoms with Crippen LogP contribution in [-0.4, -0.2) is 35.0 Å². The van der Waals surface area contributed by atoms with Crippen LogP contribution in [0.3, 0.4) is 0 Å². The highest BCUT2D eigenvalue weighted by molar-refractivity contribution is 6.51. The third-order valence-corrected chi connectivity index (χ3v) is 5.64. The van der Waals surface area contributed by atoms with E-state index in [-0.39, 0.29) is 16.9 Å². The van der Waals surface area contributed by atoms with Gasteiger partial charge in [-0.25, -0.2) is 4.79 Å². The number of ketones is 1. The second kappa shape index (κ2) is 8.80. The molecule has 1 amide bonds. The topological polar surface area (TPSA) is 104 Å². The molecule has 1 aliphatic rings. The Hall–Kier alpha value is -4.10. The van der Waals surface area contributed by atoms with E-state index >= 15 is 0 Å². The number of methoxy groups -OCH3 is 1. The molecule has 1 unspecified atom stereocenters. The fourth-order valence-electron chi connectivity index (χ4n) is 3.73. The largest absolute Gasteiger partial charge is 0.507 e. The van der Waals surface area contributed by atoms with E-state index in [1.807, 2.05) is 0 Å². The van der Waals surface area contributed by atoms with E-state index in [1.165, 1.54) is 36.3 Å². The molecule has 33 heavy (non-hydrogen) atoms. The molecule has 1 aliphatic heterocycles. The molecule has 166 valence electrons. The minimum Gasteiger partial charge on any atom is -0.507 e. The predicted octanol–water partition coefficient (Wildman–Crippen LogP) is 4.67. The number of anilines is 1. The number of benzene rings is 3. The number of carbonyl (C=O) groups excluding carboxylic acids is 2. The molecule has 7 nitrogen and oxygen atoms in total. The molecule has 4 rings (SSSR count). The Labute approximate surface area is 194 Å². The Morgan fingerprint density at radius 3 is 2.00 bits per heavy atom. The summed E-state index contributed by atoms with van der Waals surface area (Å²) in [6, 6.07) is 17.7. The average Bonchev–Trinajstić information content (AvgIpc) is 3.09. The van der Waals surface area contributed by atoms with Gasteiger partial charge < -0.3 is 14.9 Å². The molecule has 1 saturated heterocycles. The number of hydrogen-bond acceptors (Lipinski definition) is 5. The van der Waals surface area contributed by atoms with Crippen LogP contribution in [0.1, 0.15) is 27.5 Å². The molecule has 3 aromatic carbocycles. The molecule has 1 atom stereocenters. The standard InChI is InChI=1S/C25H18ClNO6/c1-33-19-12-6-14(7-13-19)21-20(22(28)15-2-8-17(26)9-3-15)23(29)24(30)27(21)18-10-4-16(5-11-18)25(31)32/h2-13,21,28H,1H3,(H,31,32)/b22-20-. The first-order chi connectivity index (χ1) is 15.8. The minimum absolute atomic E-state index is 0.0393. The highest BCUT2D eigenvalue weighted by atomic mass is 35.5. The van der Waals surface area contributed by atoms with E-state index in [0.717, 1.165) is 0 Å². The monoisotopic (exact) mass is 463 g/mol. The van der Waals surface area contributed by atoms with Gasteiger partial charge in [0.2, 0.25) is 0 Å². The molecule has 0 radical (unpaired) electrons. The van der Waals surface area contributed by atoms with Crippen molar-refractivity contribution in [3.8, 4) is 5.75 Å². The van der Waals surface area contributed by atoms with Crippen LogP contribution in [-0.2, 0) is 9.59 Å². The fourth-order valence-corrected chi connectivity index (χ4v) is 3.85. The number of aromatic carboxylic acids is 1. The van der Waals surface area contributed by atoms with Crippen LogP contribution >= 0.6 is 11.6 Å². The summed E-state index contributed by atoms with van der Waals surface area (Å²) in [5.41, 5.74) is 1.16. The van der Waals surface area contributed by atoms with Crippen molar-refractivity contribution in [2.75, 3.05) is 12.0 Å². The number of amides is 1. The van der Waals surface area contributed by atoms with Crippen molar-refractivity contribution < 1.29 is 29.3 Å². The second-order valence-electron chi connectivity index (χ2n) is 7.30. The number of rotatable bonds is 5. The quantitative estimate of drug-likeness (QED) is 0.323. The summed E-state index contributed by atoms with van der Waals surface area (Å²) in [6.07, 6.45) is 0. The van der Waals surface area contributed by atoms with E-state index < -0.39 is 23.7 Å². The van der Waals surface area contributed by atoms with Gasteiger partial charge >= 0.3 is 5.97 Å². The highest BCUT2D eigenvalue weighted by Crippen LogP contribution is 2.42. The Bertz CT molecular complexity index is 1260. The van der Waals surface area contributed by atoms with Gasteiger partial charge in [-0.2, -0.15) is 0 Å². The number of halogens is 1. The average molecular weight is 464 g/mol. The van der Waals surface area contributed by atoms with Crippen molar-refractivity contribution in [2.45, 2.75) is 6.04 Å². The molecule has 0 saturated carbocycles. The van der Waals surface area contributed by atoms with Crippen LogP contribution in [0, 0.1) is 0 Å². The van der Waals surface area contributed by atoms with E-state index in [2.05, 4.69) is 0 Å². The van der Waals surface area contributed by atoms with Crippen molar-refractivity contribution >= 4 is 40.7 Å². The Kier molecular flexibility index (Phi) is 5.89. The van der Waals surface area contributed by atoms with Gasteiger partial charge in [0.25, 0.3) is 11.7 Å². The van der Waals surface area contributed by atoms with Gasteiger partial charge in [0, 0.05) is 16.3 Å². The maximum absolute atomic E-state index is 13.1. The second-order valence-corrected chi connectivity index (χ2v) is 7.74. The number of carboxylic acids is 1. The molecule has 0 bridgehead atoms. The number of aliphatic hydroxyl groups is 1. The van der Waals surface area contributed by atoms with Crippen LogP contribution in [0.25, 0.3) is 5.76 Å². The van der Waals surface area contributed by atoms with Crippen LogP contribution in [0.2, 0.25) is 5.02 Å². The van der Waals surface area contributed by atoms with Gasteiger partial charge in [-0.15, -0.1) is 0 Å². The summed E-state index contributed by atoms with van der Waals surface area (Å²) in [6.45, 7) is 0. The van der Waals surface area contributed by atoms with Crippen molar-refractivity contribution in [1.29, 1.82) is 0 Å². The first-order valence-corrected chi connectivity index (χ1v) is 10.2. The van der Waals surface area contributed by atoms with Gasteiger partial charge in [-0.3, -0.25) is 14.5 Å². The summed E-state index contributed by atoms with van der Waals surface area (Å²) in [5, 5.41) is 20.7. The van der Waals surface area contributed by atoms with Crippen LogP contribution in [0.15, 0.2) is 78.4 Å². The number of carbonyl (C=O) groups is 3. The number of aliphatic hydroxyl groups excluding tert-OH is 1. The number of nitrogens with zero attached hydrogens (tertiary/aromatic N) is 1. The smallest absolute Gasteiger partial charge is 0.335 e. The van der Waals surface area contributed by atoms with Crippen molar-refractivity contribution in [3.05, 3.63) is 100 Å². The Morgan fingerprint density at radius 1 is 0.879 bits per heavy atom. The normalized spacial score (nSPS) is 17.3. The molecule has 0 spiro atoms. The zero-order valence-electron chi connectivity index (χ0n) is 17.4. The van der Waals surface area contributed by atoms with E-state index in [9.17, 15) is 24.6 Å². The number of Topliss-reactive ketones (excluding diaryl/α,β-unsaturated/α-hetero) is 1. The summed E-state index contributed by atoms with van der Waals surface area (Å²) >= 11 is 5.94. The summed E-state index contributed by atoms with van der Waals surface area (Å²) in [4.78, 5) is 38.7. The SMILES string of the molecule is COc1ccc(C2/C(=C(/O)c3ccc(Cl)cc3)C(=O)C(=O)N2c2ccc(C(=O)O)cc2)cc1. The van der Waals surface area contributed by atoms with Gasteiger partial charge in [-0.1, -0.05) is 23.7 Å². The van der Waals surface area contributed by atoms with Crippen molar-refractivity contribution in [3.63, 3.8) is 0 Å². The van der Waals surface area contributed by atoms with Gasteiger partial charge in [0.15, 0.2) is 0 Å². The third kappa shape index (κ3) is 4.06. The maximum Gasteiger partial charge on any atom is 0.335 e. The zero-order chi connectivity index (χ0) is 23.7. The fraction of sp³-hybridized carbons (Fsp3) is 0.0800. The molecule has 1 fully saturated rings. The molecule has 1 heterocycles.